The van der Waals surface area contributed by atoms with Crippen molar-refractivity contribution < 1.29 is 14.4 Å². The number of benzene rings is 1. The lowest BCUT2D eigenvalue weighted by molar-refractivity contribution is -0.386. The van der Waals surface area contributed by atoms with Gasteiger partial charge in [0.1, 0.15) is 22.7 Å². The second-order valence-electron chi connectivity index (χ2n) is 4.39. The van der Waals surface area contributed by atoms with E-state index in [1.165, 1.54) is 6.07 Å². The van der Waals surface area contributed by atoms with E-state index in [-0.39, 0.29) is 33.4 Å². The number of aromatic nitrogens is 1. The first kappa shape index (κ1) is 15.7. The second-order valence-corrected chi connectivity index (χ2v) is 5.99. The van der Waals surface area contributed by atoms with Crippen LogP contribution in [-0.2, 0) is 4.74 Å². The molecule has 1 aromatic heterocycles. The highest BCUT2D eigenvalue weighted by Gasteiger charge is 2.36. The fourth-order valence-corrected chi connectivity index (χ4v) is 3.21. The van der Waals surface area contributed by atoms with Gasteiger partial charge in [0.15, 0.2) is 11.8 Å². The monoisotopic (exact) mass is 382 g/mol. The highest BCUT2D eigenvalue weighted by molar-refractivity contribution is 6.43. The van der Waals surface area contributed by atoms with Crippen LogP contribution in [0.4, 0.5) is 5.69 Å². The van der Waals surface area contributed by atoms with E-state index in [4.69, 9.17) is 55.9 Å². The summed E-state index contributed by atoms with van der Waals surface area (Å²) in [4.78, 5) is 13.3. The van der Waals surface area contributed by atoms with Crippen LogP contribution in [-0.4, -0.2) is 16.7 Å². The fourth-order valence-electron chi connectivity index (χ4n) is 2.24. The maximum atomic E-state index is 11.2. The number of fused-ring (bicyclic) bond motifs is 1. The minimum atomic E-state index is -0.856. The van der Waals surface area contributed by atoms with Gasteiger partial charge in [-0.1, -0.05) is 46.4 Å². The van der Waals surface area contributed by atoms with Crippen LogP contribution in [0.3, 0.4) is 0 Å². The summed E-state index contributed by atoms with van der Waals surface area (Å²) in [6.07, 6.45) is -0.856. The van der Waals surface area contributed by atoms with E-state index in [2.05, 4.69) is 4.98 Å². The van der Waals surface area contributed by atoms with Crippen LogP contribution in [0.25, 0.3) is 0 Å². The van der Waals surface area contributed by atoms with Crippen molar-refractivity contribution in [3.05, 3.63) is 53.7 Å². The molecule has 0 aliphatic carbocycles. The molecule has 1 aliphatic rings. The largest absolute Gasteiger partial charge is 0.466 e. The highest BCUT2D eigenvalue weighted by atomic mass is 35.5. The Morgan fingerprint density at radius 3 is 2.68 bits per heavy atom. The first-order chi connectivity index (χ1) is 10.4. The molecule has 1 N–H and O–H groups in total. The normalized spacial score (nSPS) is 17.0. The molecule has 1 aromatic carbocycles. The van der Waals surface area contributed by atoms with Gasteiger partial charge in [0.25, 0.3) is 0 Å². The van der Waals surface area contributed by atoms with Gasteiger partial charge in [0.05, 0.1) is 9.95 Å². The molecule has 0 spiro atoms. The van der Waals surface area contributed by atoms with Crippen LogP contribution in [0, 0.1) is 10.1 Å². The van der Waals surface area contributed by atoms with Gasteiger partial charge in [0.2, 0.25) is 0 Å². The van der Waals surface area contributed by atoms with Crippen molar-refractivity contribution in [1.29, 1.82) is 0 Å². The minimum absolute atomic E-state index is 0.0480. The number of rotatable bonds is 2. The Morgan fingerprint density at radius 2 is 2.00 bits per heavy atom. The number of halogens is 4. The maximum absolute atomic E-state index is 11.2. The first-order valence-corrected chi connectivity index (χ1v) is 7.36. The van der Waals surface area contributed by atoms with Crippen molar-refractivity contribution in [1.82, 2.24) is 4.98 Å². The number of nitrogens with zero attached hydrogens (tertiary/aromatic N) is 1. The van der Waals surface area contributed by atoms with E-state index in [1.54, 1.807) is 6.07 Å². The Bertz CT molecular complexity index is 777. The maximum Gasteiger partial charge on any atom is 0.313 e. The van der Waals surface area contributed by atoms with Crippen LogP contribution in [0.5, 0.6) is 5.75 Å². The Balaban J connectivity index is 2.21. The summed E-state index contributed by atoms with van der Waals surface area (Å²) in [5.41, 5.74) is 0.185. The zero-order chi connectivity index (χ0) is 16.0. The molecule has 0 amide bonds. The van der Waals surface area contributed by atoms with Crippen LogP contribution in [0.2, 0.25) is 20.2 Å². The number of H-pyrrole nitrogens is 1. The molecule has 0 saturated heterocycles. The smallest absolute Gasteiger partial charge is 0.313 e. The lowest BCUT2D eigenvalue weighted by Crippen LogP contribution is -2.19. The molecule has 0 radical (unpaired) electrons. The van der Waals surface area contributed by atoms with E-state index < -0.39 is 11.0 Å². The van der Waals surface area contributed by atoms with Gasteiger partial charge in [0, 0.05) is 10.6 Å². The quantitative estimate of drug-likeness (QED) is 0.585. The molecule has 0 bridgehead atoms. The summed E-state index contributed by atoms with van der Waals surface area (Å²) in [6.45, 7) is -0.134. The molecule has 116 valence electrons. The number of nitro groups is 1. The van der Waals surface area contributed by atoms with Crippen LogP contribution in [0.15, 0.2) is 12.1 Å². The summed E-state index contributed by atoms with van der Waals surface area (Å²) >= 11 is 23.8. The van der Waals surface area contributed by atoms with Gasteiger partial charge >= 0.3 is 5.69 Å². The number of hydrogen-bond donors (Lipinski definition) is 1. The molecule has 10 heteroatoms. The van der Waals surface area contributed by atoms with Gasteiger partial charge in [-0.2, -0.15) is 0 Å². The molecule has 1 atom stereocenters. The van der Waals surface area contributed by atoms with Crippen molar-refractivity contribution >= 4 is 52.1 Å². The number of hydrogen-bond acceptors (Lipinski definition) is 4. The minimum Gasteiger partial charge on any atom is -0.466 e. The van der Waals surface area contributed by atoms with Crippen LogP contribution >= 0.6 is 46.4 Å². The zero-order valence-corrected chi connectivity index (χ0v) is 13.6. The molecule has 1 aliphatic heterocycles. The predicted molar refractivity (Wildman–Crippen MR) is 82.4 cm³/mol. The number of nitrogens with one attached hydrogen (secondary N) is 1. The molecule has 2 aromatic rings. The molecular formula is C12H6Cl4N2O4. The lowest BCUT2D eigenvalue weighted by Gasteiger charge is -2.26. The van der Waals surface area contributed by atoms with E-state index in [0.29, 0.717) is 16.3 Å². The molecule has 0 fully saturated rings. The Labute approximate surface area is 144 Å². The lowest BCUT2D eigenvalue weighted by atomic mass is 10.0. The Hall–Kier alpha value is -1.18. The molecule has 2 heterocycles. The van der Waals surface area contributed by atoms with Gasteiger partial charge in [-0.05, 0) is 12.1 Å². The van der Waals surface area contributed by atoms with E-state index in [9.17, 15) is 10.1 Å². The van der Waals surface area contributed by atoms with Crippen molar-refractivity contribution in [2.45, 2.75) is 6.10 Å². The van der Waals surface area contributed by atoms with Crippen LogP contribution < -0.4 is 4.74 Å². The molecular weight excluding hydrogens is 378 g/mol. The summed E-state index contributed by atoms with van der Waals surface area (Å²) in [7, 11) is 0. The third-order valence-electron chi connectivity index (χ3n) is 3.10. The van der Waals surface area contributed by atoms with Crippen molar-refractivity contribution in [3.63, 3.8) is 0 Å². The third kappa shape index (κ3) is 2.51. The topological polar surface area (TPSA) is 77.4 Å². The number of aromatic amines is 1. The molecule has 22 heavy (non-hydrogen) atoms. The second kappa shape index (κ2) is 5.79. The van der Waals surface area contributed by atoms with Crippen LogP contribution in [0.1, 0.15) is 17.4 Å². The van der Waals surface area contributed by atoms with Crippen molar-refractivity contribution in [2.24, 2.45) is 0 Å². The van der Waals surface area contributed by atoms with E-state index in [1.807, 2.05) is 0 Å². The highest BCUT2D eigenvalue weighted by Crippen LogP contribution is 2.47. The zero-order valence-electron chi connectivity index (χ0n) is 10.5. The van der Waals surface area contributed by atoms with Gasteiger partial charge in [-0.3, -0.25) is 10.1 Å². The molecule has 6 nitrogen and oxygen atoms in total. The Kier molecular flexibility index (Phi) is 4.13. The van der Waals surface area contributed by atoms with E-state index >= 15 is 0 Å². The van der Waals surface area contributed by atoms with Gasteiger partial charge in [-0.25, -0.2) is 0 Å². The molecule has 1 unspecified atom stereocenters. The average molecular weight is 384 g/mol. The third-order valence-corrected chi connectivity index (χ3v) is 4.35. The molecule has 0 saturated carbocycles. The van der Waals surface area contributed by atoms with Crippen molar-refractivity contribution in [2.75, 3.05) is 6.79 Å². The standard InChI is InChI=1S/C12H6Cl4N2O4/c13-4-1-5-10(6(14)2-4)21-3-22-11(5)8-9(18(19)20)7(15)12(16)17-8/h1-2,11,17H,3H2. The number of ether oxygens (including phenoxy) is 2. The summed E-state index contributed by atoms with van der Waals surface area (Å²) < 4.78 is 10.8. The first-order valence-electron chi connectivity index (χ1n) is 5.84. The summed E-state index contributed by atoms with van der Waals surface area (Å²) in [5, 5.41) is 11.6. The summed E-state index contributed by atoms with van der Waals surface area (Å²) in [5.74, 6) is 0.346. The average Bonchev–Trinajstić information content (AvgIpc) is 2.74. The van der Waals surface area contributed by atoms with Gasteiger partial charge in [-0.15, -0.1) is 0 Å². The molecule has 3 rings (SSSR count). The SMILES string of the molecule is O=[N+]([O-])c1c(C2OCOc3c(Cl)cc(Cl)cc32)[nH]c(Cl)c1Cl. The van der Waals surface area contributed by atoms with Gasteiger partial charge < -0.3 is 14.5 Å². The Morgan fingerprint density at radius 1 is 1.27 bits per heavy atom. The van der Waals surface area contributed by atoms with Crippen molar-refractivity contribution in [3.8, 4) is 5.75 Å². The fraction of sp³-hybridized carbons (Fsp3) is 0.167. The predicted octanol–water partition coefficient (Wildman–Crippen LogP) is 4.99. The van der Waals surface area contributed by atoms with E-state index in [0.717, 1.165) is 0 Å². The summed E-state index contributed by atoms with van der Waals surface area (Å²) in [6, 6.07) is 3.06.